The molecule has 2 aromatic carbocycles. The molecule has 1 unspecified atom stereocenters. The number of rotatable bonds is 9. The van der Waals surface area contributed by atoms with Crippen molar-refractivity contribution in [2.75, 3.05) is 13.8 Å². The van der Waals surface area contributed by atoms with Crippen molar-refractivity contribution < 1.29 is 23.0 Å². The number of carbonyl (C=O) groups is 1. The molecule has 170 valence electrons. The molecule has 0 saturated heterocycles. The third-order valence-corrected chi connectivity index (χ3v) is 5.02. The number of hydrogen-bond acceptors (Lipinski definition) is 6. The number of benzene rings is 2. The highest BCUT2D eigenvalue weighted by Crippen LogP contribution is 2.33. The predicted molar refractivity (Wildman–Crippen MR) is 113 cm³/mol. The van der Waals surface area contributed by atoms with Gasteiger partial charge >= 0.3 is 11.7 Å². The van der Waals surface area contributed by atoms with Crippen LogP contribution in [0.4, 0.5) is 8.78 Å². The molecule has 0 spiro atoms. The summed E-state index contributed by atoms with van der Waals surface area (Å²) in [5, 5.41) is 6.42. The van der Waals surface area contributed by atoms with Crippen LogP contribution in [0, 0.1) is 5.82 Å². The highest BCUT2D eigenvalue weighted by Gasteiger charge is 2.18. The fourth-order valence-electron chi connectivity index (χ4n) is 2.77. The Morgan fingerprint density at radius 1 is 1.22 bits per heavy atom. The molecule has 1 heterocycles. The van der Waals surface area contributed by atoms with E-state index in [1.807, 2.05) is 0 Å². The number of alkyl halides is 2. The van der Waals surface area contributed by atoms with Crippen LogP contribution in [0.2, 0.25) is 5.02 Å². The molecule has 0 amide bonds. The minimum absolute atomic E-state index is 0.0133. The molecular weight excluding hydrogens is 469 g/mol. The molecule has 0 saturated carbocycles. The van der Waals surface area contributed by atoms with E-state index in [4.69, 9.17) is 27.9 Å². The van der Waals surface area contributed by atoms with E-state index in [2.05, 4.69) is 15.2 Å². The zero-order valence-corrected chi connectivity index (χ0v) is 18.3. The van der Waals surface area contributed by atoms with Crippen LogP contribution >= 0.6 is 23.2 Å². The van der Waals surface area contributed by atoms with Crippen LogP contribution in [0.3, 0.4) is 0 Å². The van der Waals surface area contributed by atoms with Crippen molar-refractivity contribution in [1.29, 1.82) is 0 Å². The third-order valence-electron chi connectivity index (χ3n) is 4.40. The molecule has 1 atom stereocenters. The SMILES string of the molecule is COC(=O)C(Cl)Cc1ccc(Oc2cc(-n3nnn(CCCF)c3=O)c(F)cc2Cl)cc1. The molecule has 3 rings (SSSR count). The van der Waals surface area contributed by atoms with Crippen LogP contribution < -0.4 is 10.4 Å². The van der Waals surface area contributed by atoms with Gasteiger partial charge in [0.15, 0.2) is 5.82 Å². The maximum atomic E-state index is 14.5. The monoisotopic (exact) mass is 486 g/mol. The average Bonchev–Trinajstić information content (AvgIpc) is 3.14. The Morgan fingerprint density at radius 3 is 2.59 bits per heavy atom. The van der Waals surface area contributed by atoms with E-state index < -0.39 is 29.5 Å². The van der Waals surface area contributed by atoms with Gasteiger partial charge in [-0.3, -0.25) is 9.18 Å². The Hall–Kier alpha value is -2.98. The van der Waals surface area contributed by atoms with Crippen molar-refractivity contribution >= 4 is 29.2 Å². The van der Waals surface area contributed by atoms with Crippen molar-refractivity contribution in [2.45, 2.75) is 24.8 Å². The van der Waals surface area contributed by atoms with Crippen molar-refractivity contribution in [3.63, 3.8) is 0 Å². The van der Waals surface area contributed by atoms with E-state index in [-0.39, 0.29) is 35.8 Å². The largest absolute Gasteiger partial charge is 0.468 e. The molecule has 0 aliphatic carbocycles. The van der Waals surface area contributed by atoms with Gasteiger partial charge in [0.25, 0.3) is 0 Å². The summed E-state index contributed by atoms with van der Waals surface area (Å²) in [5.41, 5.74) is -0.179. The molecule has 0 aliphatic heterocycles. The predicted octanol–water partition coefficient (Wildman–Crippen LogP) is 3.70. The second kappa shape index (κ2) is 10.6. The average molecular weight is 487 g/mol. The normalized spacial score (nSPS) is 11.9. The Balaban J connectivity index is 1.82. The summed E-state index contributed by atoms with van der Waals surface area (Å²) in [6.45, 7) is -0.612. The number of nitrogens with zero attached hydrogens (tertiary/aromatic N) is 4. The van der Waals surface area contributed by atoms with Gasteiger partial charge in [-0.05, 0) is 47.0 Å². The first-order valence-corrected chi connectivity index (χ1v) is 10.2. The molecule has 32 heavy (non-hydrogen) atoms. The lowest BCUT2D eigenvalue weighted by atomic mass is 10.1. The number of tetrazole rings is 1. The molecule has 8 nitrogen and oxygen atoms in total. The van der Waals surface area contributed by atoms with Gasteiger partial charge in [0.2, 0.25) is 0 Å². The van der Waals surface area contributed by atoms with Crippen LogP contribution in [-0.2, 0) is 22.5 Å². The number of aryl methyl sites for hydroxylation is 1. The fraction of sp³-hybridized carbons (Fsp3) is 0.300. The van der Waals surface area contributed by atoms with E-state index in [1.165, 1.54) is 13.2 Å². The minimum Gasteiger partial charge on any atom is -0.468 e. The maximum absolute atomic E-state index is 14.5. The smallest absolute Gasteiger partial charge is 0.368 e. The highest BCUT2D eigenvalue weighted by atomic mass is 35.5. The second-order valence-electron chi connectivity index (χ2n) is 6.61. The molecular formula is C20H18Cl2F2N4O4. The van der Waals surface area contributed by atoms with Gasteiger partial charge in [0, 0.05) is 6.07 Å². The molecule has 1 aromatic heterocycles. The summed E-state index contributed by atoms with van der Waals surface area (Å²) in [4.78, 5) is 23.8. The van der Waals surface area contributed by atoms with E-state index in [1.54, 1.807) is 24.3 Å². The Kier molecular flexibility index (Phi) is 7.81. The van der Waals surface area contributed by atoms with Gasteiger partial charge in [-0.25, -0.2) is 9.18 Å². The summed E-state index contributed by atoms with van der Waals surface area (Å²) in [5.74, 6) is -0.898. The summed E-state index contributed by atoms with van der Waals surface area (Å²) in [6, 6.07) is 8.85. The topological polar surface area (TPSA) is 88.2 Å². The molecule has 0 N–H and O–H groups in total. The van der Waals surface area contributed by atoms with E-state index in [0.29, 0.717) is 5.75 Å². The number of methoxy groups -OCH3 is 1. The lowest BCUT2D eigenvalue weighted by Gasteiger charge is -2.11. The van der Waals surface area contributed by atoms with Gasteiger partial charge in [0.05, 0.1) is 25.4 Å². The Morgan fingerprint density at radius 2 is 1.94 bits per heavy atom. The fourth-order valence-corrected chi connectivity index (χ4v) is 3.23. The number of aromatic nitrogens is 4. The van der Waals surface area contributed by atoms with E-state index >= 15 is 0 Å². The van der Waals surface area contributed by atoms with Gasteiger partial charge in [-0.1, -0.05) is 23.7 Å². The van der Waals surface area contributed by atoms with E-state index in [0.717, 1.165) is 21.0 Å². The first kappa shape index (κ1) is 23.7. The second-order valence-corrected chi connectivity index (χ2v) is 7.55. The molecule has 0 bridgehead atoms. The van der Waals surface area contributed by atoms with Crippen molar-refractivity contribution in [3.05, 3.63) is 63.3 Å². The van der Waals surface area contributed by atoms with Crippen molar-refractivity contribution in [1.82, 2.24) is 19.8 Å². The quantitative estimate of drug-likeness (QED) is 0.338. The van der Waals surface area contributed by atoms with Crippen LogP contribution in [0.1, 0.15) is 12.0 Å². The molecule has 12 heteroatoms. The zero-order valence-electron chi connectivity index (χ0n) is 16.8. The number of ether oxygens (including phenoxy) is 2. The highest BCUT2D eigenvalue weighted by molar-refractivity contribution is 6.32. The maximum Gasteiger partial charge on any atom is 0.368 e. The zero-order chi connectivity index (χ0) is 23.3. The van der Waals surface area contributed by atoms with Gasteiger partial charge < -0.3 is 9.47 Å². The van der Waals surface area contributed by atoms with Gasteiger partial charge in [0.1, 0.15) is 22.6 Å². The summed E-state index contributed by atoms with van der Waals surface area (Å²) in [7, 11) is 1.26. The van der Waals surface area contributed by atoms with Gasteiger partial charge in [-0.15, -0.1) is 11.6 Å². The number of carbonyl (C=O) groups excluding carboxylic acids is 1. The number of esters is 1. The Bertz CT molecular complexity index is 1150. The van der Waals surface area contributed by atoms with Crippen LogP contribution in [-0.4, -0.2) is 44.9 Å². The van der Waals surface area contributed by atoms with E-state index in [9.17, 15) is 18.4 Å². The lowest BCUT2D eigenvalue weighted by molar-refractivity contribution is -0.140. The summed E-state index contributed by atoms with van der Waals surface area (Å²) in [6.07, 6.45) is 0.340. The summed E-state index contributed by atoms with van der Waals surface area (Å²) >= 11 is 12.1. The Labute approximate surface area is 191 Å². The summed E-state index contributed by atoms with van der Waals surface area (Å²) < 4.78 is 38.8. The molecule has 3 aromatic rings. The molecule has 0 radical (unpaired) electrons. The van der Waals surface area contributed by atoms with Crippen molar-refractivity contribution in [3.8, 4) is 17.2 Å². The number of hydrogen-bond donors (Lipinski definition) is 0. The lowest BCUT2D eigenvalue weighted by Crippen LogP contribution is -2.25. The van der Waals surface area contributed by atoms with Crippen LogP contribution in [0.25, 0.3) is 5.69 Å². The van der Waals surface area contributed by atoms with Crippen LogP contribution in [0.5, 0.6) is 11.5 Å². The minimum atomic E-state index is -0.822. The number of halogens is 4. The van der Waals surface area contributed by atoms with Crippen molar-refractivity contribution in [2.24, 2.45) is 0 Å². The standard InChI is InChI=1S/C20H18Cl2F2N4O4/c1-31-19(29)15(22)9-12-3-5-13(6-4-12)32-18-11-17(16(24)10-14(18)21)28-20(30)27(25-26-28)8-2-7-23/h3-6,10-11,15H,2,7-9H2,1H3. The molecule has 0 fully saturated rings. The third kappa shape index (κ3) is 5.43. The first-order valence-electron chi connectivity index (χ1n) is 9.41. The first-order chi connectivity index (χ1) is 15.3. The molecule has 0 aliphatic rings. The van der Waals surface area contributed by atoms with Gasteiger partial charge in [-0.2, -0.15) is 9.36 Å². The van der Waals surface area contributed by atoms with Crippen LogP contribution in [0.15, 0.2) is 41.2 Å².